The van der Waals surface area contributed by atoms with E-state index < -0.39 is 23.2 Å². The Labute approximate surface area is 102 Å². The summed E-state index contributed by atoms with van der Waals surface area (Å²) in [6.07, 6.45) is 5.17. The number of ether oxygens (including phenoxy) is 3. The number of hydrogen-bond acceptors (Lipinski definition) is 5. The van der Waals surface area contributed by atoms with Gasteiger partial charge in [-0.15, -0.1) is 11.5 Å². The van der Waals surface area contributed by atoms with Crippen molar-refractivity contribution in [1.29, 1.82) is 0 Å². The van der Waals surface area contributed by atoms with Gasteiger partial charge in [-0.25, -0.2) is 0 Å². The van der Waals surface area contributed by atoms with E-state index in [-0.39, 0.29) is 6.61 Å². The molecule has 2 aliphatic rings. The van der Waals surface area contributed by atoms with Crippen LogP contribution in [0.4, 0.5) is 0 Å². The minimum Gasteiger partial charge on any atom is -0.356 e. The van der Waals surface area contributed by atoms with Crippen LogP contribution < -0.4 is 0 Å². The predicted octanol–water partition coefficient (Wildman–Crippen LogP) is 0.967. The zero-order valence-electron chi connectivity index (χ0n) is 10.7. The second-order valence-electron chi connectivity index (χ2n) is 5.43. The van der Waals surface area contributed by atoms with Crippen molar-refractivity contribution < 1.29 is 19.4 Å². The molecular weight excluding hydrogens is 222 g/mol. The maximum Gasteiger partial charge on any atom is 0.163 e. The standard InChI is InChI=1S/C12H19NO4/c1-6-12(8-16-10(2,3)13(12)14)9-7-15-11(4,5)17-9/h1,9,14H,7-8H2,2-5H3/t9-,12+/m0/s1. The van der Waals surface area contributed by atoms with Gasteiger partial charge in [0, 0.05) is 0 Å². The Morgan fingerprint density at radius 1 is 1.29 bits per heavy atom. The van der Waals surface area contributed by atoms with Crippen LogP contribution in [0.2, 0.25) is 0 Å². The lowest BCUT2D eigenvalue weighted by molar-refractivity contribution is -0.248. The van der Waals surface area contributed by atoms with E-state index in [2.05, 4.69) is 5.92 Å². The van der Waals surface area contributed by atoms with Gasteiger partial charge in [-0.2, -0.15) is 0 Å². The first kappa shape index (κ1) is 12.8. The van der Waals surface area contributed by atoms with Crippen LogP contribution in [0, 0.1) is 12.3 Å². The normalized spacial score (nSPS) is 40.4. The second kappa shape index (κ2) is 3.67. The van der Waals surface area contributed by atoms with E-state index in [0.717, 1.165) is 5.06 Å². The molecular formula is C12H19NO4. The van der Waals surface area contributed by atoms with Crippen LogP contribution in [0.3, 0.4) is 0 Å². The summed E-state index contributed by atoms with van der Waals surface area (Å²) in [5.74, 6) is 1.93. The molecule has 0 radical (unpaired) electrons. The molecule has 2 fully saturated rings. The molecule has 0 saturated carbocycles. The van der Waals surface area contributed by atoms with Crippen molar-refractivity contribution in [3.63, 3.8) is 0 Å². The lowest BCUT2D eigenvalue weighted by Gasteiger charge is -2.36. The molecule has 0 aromatic carbocycles. The number of nitrogens with zero attached hydrogens (tertiary/aromatic N) is 1. The van der Waals surface area contributed by atoms with E-state index in [1.807, 2.05) is 13.8 Å². The Hall–Kier alpha value is -0.640. The van der Waals surface area contributed by atoms with Gasteiger partial charge in [0.2, 0.25) is 0 Å². The van der Waals surface area contributed by atoms with Crippen molar-refractivity contribution >= 4 is 0 Å². The van der Waals surface area contributed by atoms with Crippen LogP contribution in [-0.4, -0.2) is 46.6 Å². The van der Waals surface area contributed by atoms with Crippen molar-refractivity contribution in [2.24, 2.45) is 0 Å². The van der Waals surface area contributed by atoms with Gasteiger partial charge in [-0.3, -0.25) is 0 Å². The maximum absolute atomic E-state index is 10.2. The van der Waals surface area contributed by atoms with Crippen molar-refractivity contribution in [2.75, 3.05) is 13.2 Å². The Morgan fingerprint density at radius 3 is 2.29 bits per heavy atom. The summed E-state index contributed by atoms with van der Waals surface area (Å²) in [6.45, 7) is 7.71. The molecule has 17 heavy (non-hydrogen) atoms. The minimum atomic E-state index is -0.989. The zero-order valence-corrected chi connectivity index (χ0v) is 10.7. The van der Waals surface area contributed by atoms with Crippen LogP contribution in [0.25, 0.3) is 0 Å². The van der Waals surface area contributed by atoms with Crippen LogP contribution in [0.15, 0.2) is 0 Å². The molecule has 0 aromatic rings. The third-order valence-corrected chi connectivity index (χ3v) is 3.32. The summed E-state index contributed by atoms with van der Waals surface area (Å²) in [4.78, 5) is 0. The molecule has 96 valence electrons. The molecule has 2 heterocycles. The average molecular weight is 241 g/mol. The summed E-state index contributed by atoms with van der Waals surface area (Å²) >= 11 is 0. The van der Waals surface area contributed by atoms with Gasteiger partial charge in [0.1, 0.15) is 11.8 Å². The highest BCUT2D eigenvalue weighted by Gasteiger charge is 2.58. The van der Waals surface area contributed by atoms with Gasteiger partial charge in [0.25, 0.3) is 0 Å². The highest BCUT2D eigenvalue weighted by atomic mass is 16.7. The summed E-state index contributed by atoms with van der Waals surface area (Å²) in [5.41, 5.74) is -1.81. The van der Waals surface area contributed by atoms with Gasteiger partial charge < -0.3 is 19.4 Å². The lowest BCUT2D eigenvalue weighted by atomic mass is 9.94. The summed E-state index contributed by atoms with van der Waals surface area (Å²) in [7, 11) is 0. The number of terminal acetylenes is 1. The minimum absolute atomic E-state index is 0.219. The molecule has 0 bridgehead atoms. The average Bonchev–Trinajstić information content (AvgIpc) is 2.70. The molecule has 1 N–H and O–H groups in total. The van der Waals surface area contributed by atoms with E-state index >= 15 is 0 Å². The summed E-state index contributed by atoms with van der Waals surface area (Å²) in [5, 5.41) is 11.3. The van der Waals surface area contributed by atoms with Gasteiger partial charge in [0.05, 0.1) is 13.2 Å². The quantitative estimate of drug-likeness (QED) is 0.693. The van der Waals surface area contributed by atoms with Crippen molar-refractivity contribution in [2.45, 2.75) is 50.8 Å². The fourth-order valence-electron chi connectivity index (χ4n) is 2.24. The first-order chi connectivity index (χ1) is 7.73. The Bertz CT molecular complexity index is 360. The van der Waals surface area contributed by atoms with Crippen molar-refractivity contribution in [1.82, 2.24) is 5.06 Å². The van der Waals surface area contributed by atoms with Crippen molar-refractivity contribution in [3.8, 4) is 12.3 Å². The van der Waals surface area contributed by atoms with Gasteiger partial charge in [-0.1, -0.05) is 5.92 Å². The molecule has 0 spiro atoms. The second-order valence-corrected chi connectivity index (χ2v) is 5.43. The monoisotopic (exact) mass is 241 g/mol. The third kappa shape index (κ3) is 1.86. The van der Waals surface area contributed by atoms with E-state index in [4.69, 9.17) is 20.6 Å². The fourth-order valence-corrected chi connectivity index (χ4v) is 2.24. The third-order valence-electron chi connectivity index (χ3n) is 3.32. The van der Waals surface area contributed by atoms with Crippen LogP contribution in [0.1, 0.15) is 27.7 Å². The molecule has 0 amide bonds. The van der Waals surface area contributed by atoms with E-state index in [1.54, 1.807) is 13.8 Å². The van der Waals surface area contributed by atoms with Gasteiger partial charge in [0.15, 0.2) is 11.3 Å². The SMILES string of the molecule is C#C[C@]1([C@@H]2COC(C)(C)O2)COC(C)(C)N1O. The van der Waals surface area contributed by atoms with E-state index in [0.29, 0.717) is 6.61 Å². The summed E-state index contributed by atoms with van der Waals surface area (Å²) in [6, 6.07) is 0. The molecule has 5 heteroatoms. The van der Waals surface area contributed by atoms with E-state index in [1.165, 1.54) is 0 Å². The first-order valence-corrected chi connectivity index (χ1v) is 5.66. The molecule has 2 rings (SSSR count). The number of hydrogen-bond donors (Lipinski definition) is 1. The number of hydroxylamine groups is 2. The zero-order chi connectivity index (χ0) is 12.9. The van der Waals surface area contributed by atoms with Gasteiger partial charge >= 0.3 is 0 Å². The molecule has 2 saturated heterocycles. The number of rotatable bonds is 1. The summed E-state index contributed by atoms with van der Waals surface area (Å²) < 4.78 is 16.8. The lowest BCUT2D eigenvalue weighted by Crippen LogP contribution is -2.57. The molecule has 0 aliphatic carbocycles. The van der Waals surface area contributed by atoms with Gasteiger partial charge in [-0.05, 0) is 27.7 Å². The molecule has 2 atom stereocenters. The molecule has 2 aliphatic heterocycles. The molecule has 0 unspecified atom stereocenters. The fraction of sp³-hybridized carbons (Fsp3) is 0.833. The highest BCUT2D eigenvalue weighted by Crippen LogP contribution is 2.40. The molecule has 5 nitrogen and oxygen atoms in total. The maximum atomic E-state index is 10.2. The predicted molar refractivity (Wildman–Crippen MR) is 60.1 cm³/mol. The Kier molecular flexibility index (Phi) is 2.77. The highest BCUT2D eigenvalue weighted by molar-refractivity contribution is 5.21. The van der Waals surface area contributed by atoms with Crippen LogP contribution >= 0.6 is 0 Å². The van der Waals surface area contributed by atoms with Crippen LogP contribution in [0.5, 0.6) is 0 Å². The Morgan fingerprint density at radius 2 is 1.94 bits per heavy atom. The van der Waals surface area contributed by atoms with Crippen molar-refractivity contribution in [3.05, 3.63) is 0 Å². The largest absolute Gasteiger partial charge is 0.356 e. The topological polar surface area (TPSA) is 51.2 Å². The molecule has 0 aromatic heterocycles. The van der Waals surface area contributed by atoms with Crippen LogP contribution in [-0.2, 0) is 14.2 Å². The smallest absolute Gasteiger partial charge is 0.163 e. The van der Waals surface area contributed by atoms with E-state index in [9.17, 15) is 5.21 Å². The Balaban J connectivity index is 2.27. The first-order valence-electron chi connectivity index (χ1n) is 5.66.